The summed E-state index contributed by atoms with van der Waals surface area (Å²) in [6, 6.07) is 0. The van der Waals surface area contributed by atoms with Crippen LogP contribution in [0, 0.1) is 5.41 Å². The maximum absolute atomic E-state index is 4.52. The Kier molecular flexibility index (Phi) is 3.50. The smallest absolute Gasteiger partial charge is 0.137 e. The zero-order chi connectivity index (χ0) is 14.3. The Hall–Kier alpha value is -0.940. The number of nitrogens with zero attached hydrogens (tertiary/aromatic N) is 4. The molecule has 1 aromatic rings. The number of hydrogen-bond donors (Lipinski definition) is 1. The molecule has 2 atom stereocenters. The maximum atomic E-state index is 4.52. The van der Waals surface area contributed by atoms with Crippen molar-refractivity contribution in [1.29, 1.82) is 0 Å². The molecule has 3 aliphatic heterocycles. The van der Waals surface area contributed by atoms with Crippen LogP contribution in [0.4, 0.5) is 0 Å². The van der Waals surface area contributed by atoms with Crippen LogP contribution in [0.1, 0.15) is 50.2 Å². The second kappa shape index (κ2) is 5.36. The van der Waals surface area contributed by atoms with Gasteiger partial charge in [-0.1, -0.05) is 6.92 Å². The van der Waals surface area contributed by atoms with Crippen LogP contribution in [-0.4, -0.2) is 52.4 Å². The molecular formula is C16H27N5. The van der Waals surface area contributed by atoms with E-state index in [1.165, 1.54) is 70.1 Å². The minimum absolute atomic E-state index is 0.467. The van der Waals surface area contributed by atoms with Gasteiger partial charge in [-0.05, 0) is 44.2 Å². The normalized spacial score (nSPS) is 33.5. The molecule has 0 amide bonds. The molecule has 5 heteroatoms. The molecule has 3 aliphatic rings. The van der Waals surface area contributed by atoms with Crippen LogP contribution in [0.3, 0.4) is 0 Å². The SMILES string of the molecule is CC1(CN2CCCC(c3nnc4n3CCC4)C2)CCNC1. The van der Waals surface area contributed by atoms with Gasteiger partial charge < -0.3 is 14.8 Å². The molecule has 1 aromatic heterocycles. The van der Waals surface area contributed by atoms with Crippen molar-refractivity contribution in [2.75, 3.05) is 32.7 Å². The van der Waals surface area contributed by atoms with Crippen molar-refractivity contribution in [3.05, 3.63) is 11.6 Å². The van der Waals surface area contributed by atoms with Crippen molar-refractivity contribution in [2.45, 2.75) is 51.5 Å². The fourth-order valence-electron chi connectivity index (χ4n) is 4.43. The third kappa shape index (κ3) is 2.61. The van der Waals surface area contributed by atoms with E-state index in [2.05, 4.69) is 31.9 Å². The summed E-state index contributed by atoms with van der Waals surface area (Å²) in [7, 11) is 0. The number of rotatable bonds is 3. The highest BCUT2D eigenvalue weighted by Gasteiger charge is 2.34. The van der Waals surface area contributed by atoms with E-state index < -0.39 is 0 Å². The van der Waals surface area contributed by atoms with E-state index in [4.69, 9.17) is 0 Å². The van der Waals surface area contributed by atoms with Gasteiger partial charge in [-0.3, -0.25) is 0 Å². The Morgan fingerprint density at radius 2 is 2.24 bits per heavy atom. The van der Waals surface area contributed by atoms with Crippen molar-refractivity contribution in [1.82, 2.24) is 25.0 Å². The Morgan fingerprint density at radius 3 is 3.10 bits per heavy atom. The van der Waals surface area contributed by atoms with Crippen molar-refractivity contribution < 1.29 is 0 Å². The third-order valence-corrected chi connectivity index (χ3v) is 5.57. The number of fused-ring (bicyclic) bond motifs is 1. The summed E-state index contributed by atoms with van der Waals surface area (Å²) in [4.78, 5) is 2.68. The molecule has 116 valence electrons. The van der Waals surface area contributed by atoms with Gasteiger partial charge >= 0.3 is 0 Å². The average Bonchev–Trinajstić information content (AvgIpc) is 3.15. The van der Waals surface area contributed by atoms with Crippen LogP contribution in [0.25, 0.3) is 0 Å². The van der Waals surface area contributed by atoms with Crippen LogP contribution in [0.15, 0.2) is 0 Å². The van der Waals surface area contributed by atoms with Gasteiger partial charge in [0.25, 0.3) is 0 Å². The minimum Gasteiger partial charge on any atom is -0.316 e. The zero-order valence-corrected chi connectivity index (χ0v) is 13.1. The number of likely N-dealkylation sites (tertiary alicyclic amines) is 1. The van der Waals surface area contributed by atoms with E-state index in [1.807, 2.05) is 0 Å². The quantitative estimate of drug-likeness (QED) is 0.914. The van der Waals surface area contributed by atoms with Gasteiger partial charge in [0.15, 0.2) is 0 Å². The number of piperidine rings is 1. The van der Waals surface area contributed by atoms with E-state index in [-0.39, 0.29) is 0 Å². The van der Waals surface area contributed by atoms with Gasteiger partial charge in [0.1, 0.15) is 11.6 Å². The van der Waals surface area contributed by atoms with Gasteiger partial charge in [0.05, 0.1) is 0 Å². The number of aromatic nitrogens is 3. The second-order valence-corrected chi connectivity index (χ2v) is 7.54. The molecule has 2 fully saturated rings. The predicted molar refractivity (Wildman–Crippen MR) is 82.4 cm³/mol. The molecule has 4 heterocycles. The molecule has 0 spiro atoms. The van der Waals surface area contributed by atoms with Crippen LogP contribution >= 0.6 is 0 Å². The summed E-state index contributed by atoms with van der Waals surface area (Å²) in [6.45, 7) is 9.60. The number of nitrogens with one attached hydrogen (secondary N) is 1. The van der Waals surface area contributed by atoms with Crippen LogP contribution < -0.4 is 5.32 Å². The zero-order valence-electron chi connectivity index (χ0n) is 13.1. The summed E-state index contributed by atoms with van der Waals surface area (Å²) in [6.07, 6.45) is 6.26. The summed E-state index contributed by atoms with van der Waals surface area (Å²) < 4.78 is 2.40. The predicted octanol–water partition coefficient (Wildman–Crippen LogP) is 1.40. The van der Waals surface area contributed by atoms with Crippen molar-refractivity contribution >= 4 is 0 Å². The lowest BCUT2D eigenvalue weighted by atomic mass is 9.87. The molecule has 21 heavy (non-hydrogen) atoms. The van der Waals surface area contributed by atoms with Crippen LogP contribution in [0.5, 0.6) is 0 Å². The van der Waals surface area contributed by atoms with E-state index in [1.54, 1.807) is 0 Å². The third-order valence-electron chi connectivity index (χ3n) is 5.57. The molecule has 4 rings (SSSR count). The topological polar surface area (TPSA) is 46.0 Å². The standard InChI is InChI=1S/C16H27N5/c1-16(6-7-17-11-16)12-20-8-2-4-13(10-20)15-19-18-14-5-3-9-21(14)15/h13,17H,2-12H2,1H3. The minimum atomic E-state index is 0.467. The number of hydrogen-bond acceptors (Lipinski definition) is 4. The maximum Gasteiger partial charge on any atom is 0.137 e. The van der Waals surface area contributed by atoms with Crippen molar-refractivity contribution in [2.24, 2.45) is 5.41 Å². The fourth-order valence-corrected chi connectivity index (χ4v) is 4.43. The van der Waals surface area contributed by atoms with Crippen molar-refractivity contribution in [3.8, 4) is 0 Å². The van der Waals surface area contributed by atoms with Gasteiger partial charge in [-0.2, -0.15) is 0 Å². The lowest BCUT2D eigenvalue weighted by molar-refractivity contribution is 0.138. The van der Waals surface area contributed by atoms with Crippen LogP contribution in [-0.2, 0) is 13.0 Å². The van der Waals surface area contributed by atoms with Crippen molar-refractivity contribution in [3.63, 3.8) is 0 Å². The first-order valence-electron chi connectivity index (χ1n) is 8.59. The first-order chi connectivity index (χ1) is 10.2. The monoisotopic (exact) mass is 289 g/mol. The molecule has 2 unspecified atom stereocenters. The largest absolute Gasteiger partial charge is 0.316 e. The summed E-state index contributed by atoms with van der Waals surface area (Å²) in [5.74, 6) is 3.08. The molecule has 0 aliphatic carbocycles. The molecule has 5 nitrogen and oxygen atoms in total. The van der Waals surface area contributed by atoms with E-state index in [0.29, 0.717) is 11.3 Å². The Labute approximate surface area is 127 Å². The average molecular weight is 289 g/mol. The first-order valence-corrected chi connectivity index (χ1v) is 8.59. The lowest BCUT2D eigenvalue weighted by Crippen LogP contribution is -2.42. The highest BCUT2D eigenvalue weighted by molar-refractivity contribution is 5.07. The molecule has 1 N–H and O–H groups in total. The Bertz CT molecular complexity index is 503. The Balaban J connectivity index is 1.45. The Morgan fingerprint density at radius 1 is 1.29 bits per heavy atom. The van der Waals surface area contributed by atoms with E-state index >= 15 is 0 Å². The molecule has 0 saturated carbocycles. The fraction of sp³-hybridized carbons (Fsp3) is 0.875. The van der Waals surface area contributed by atoms with Crippen LogP contribution in [0.2, 0.25) is 0 Å². The molecule has 0 aromatic carbocycles. The van der Waals surface area contributed by atoms with Gasteiger partial charge in [0.2, 0.25) is 0 Å². The summed E-state index contributed by atoms with van der Waals surface area (Å²) >= 11 is 0. The van der Waals surface area contributed by atoms with Gasteiger partial charge in [-0.15, -0.1) is 10.2 Å². The second-order valence-electron chi connectivity index (χ2n) is 7.54. The number of aryl methyl sites for hydroxylation is 1. The summed E-state index contributed by atoms with van der Waals surface area (Å²) in [5, 5.41) is 12.4. The van der Waals surface area contributed by atoms with Gasteiger partial charge in [-0.25, -0.2) is 0 Å². The molecule has 0 radical (unpaired) electrons. The lowest BCUT2D eigenvalue weighted by Gasteiger charge is -2.37. The molecule has 2 saturated heterocycles. The highest BCUT2D eigenvalue weighted by Crippen LogP contribution is 2.32. The molecular weight excluding hydrogens is 262 g/mol. The van der Waals surface area contributed by atoms with E-state index in [9.17, 15) is 0 Å². The highest BCUT2D eigenvalue weighted by atomic mass is 15.3. The van der Waals surface area contributed by atoms with E-state index in [0.717, 1.165) is 13.0 Å². The first kappa shape index (κ1) is 13.7. The molecule has 0 bridgehead atoms. The van der Waals surface area contributed by atoms with Gasteiger partial charge in [0, 0.05) is 38.5 Å². The summed E-state index contributed by atoms with van der Waals surface area (Å²) in [5.41, 5.74) is 0.467.